The molecule has 2 rings (SSSR count). The Balaban J connectivity index is 1.95. The van der Waals surface area contributed by atoms with Crippen molar-refractivity contribution >= 4 is 17.5 Å². The van der Waals surface area contributed by atoms with E-state index in [4.69, 9.17) is 11.6 Å². The van der Waals surface area contributed by atoms with Crippen LogP contribution in [0.15, 0.2) is 24.3 Å². The van der Waals surface area contributed by atoms with E-state index in [9.17, 15) is 4.79 Å². The van der Waals surface area contributed by atoms with Gasteiger partial charge < -0.3 is 9.80 Å². The average molecular weight is 295 g/mol. The van der Waals surface area contributed by atoms with E-state index in [1.165, 1.54) is 19.5 Å². The normalized spacial score (nSPS) is 18.2. The van der Waals surface area contributed by atoms with Crippen molar-refractivity contribution in [3.05, 3.63) is 34.9 Å². The van der Waals surface area contributed by atoms with Crippen molar-refractivity contribution in [1.82, 2.24) is 9.80 Å². The maximum Gasteiger partial charge on any atom is 0.253 e. The molecule has 0 radical (unpaired) electrons. The minimum Gasteiger partial charge on any atom is -0.339 e. The number of hydrogen-bond acceptors (Lipinski definition) is 2. The number of halogens is 1. The molecule has 1 amide bonds. The zero-order valence-corrected chi connectivity index (χ0v) is 13.2. The van der Waals surface area contributed by atoms with Crippen LogP contribution in [0.2, 0.25) is 5.02 Å². The van der Waals surface area contributed by atoms with E-state index >= 15 is 0 Å². The highest BCUT2D eigenvalue weighted by Crippen LogP contribution is 2.18. The van der Waals surface area contributed by atoms with Crippen LogP contribution in [-0.4, -0.2) is 48.4 Å². The third kappa shape index (κ3) is 3.53. The van der Waals surface area contributed by atoms with Crippen LogP contribution in [0.5, 0.6) is 0 Å². The lowest BCUT2D eigenvalue weighted by atomic mass is 9.99. The van der Waals surface area contributed by atoms with Crippen LogP contribution in [0.1, 0.15) is 30.6 Å². The van der Waals surface area contributed by atoms with Crippen molar-refractivity contribution in [2.75, 3.05) is 26.7 Å². The fourth-order valence-corrected chi connectivity index (χ4v) is 2.61. The minimum absolute atomic E-state index is 0.0598. The van der Waals surface area contributed by atoms with Crippen molar-refractivity contribution in [2.24, 2.45) is 5.92 Å². The number of carbonyl (C=O) groups excluding carboxylic acids is 1. The summed E-state index contributed by atoms with van der Waals surface area (Å²) in [6.07, 6.45) is 1.31. The topological polar surface area (TPSA) is 23.6 Å². The minimum atomic E-state index is 0.0598. The highest BCUT2D eigenvalue weighted by Gasteiger charge is 2.25. The molecular weight excluding hydrogens is 272 g/mol. The smallest absolute Gasteiger partial charge is 0.253 e. The molecule has 4 heteroatoms. The van der Waals surface area contributed by atoms with E-state index in [1.54, 1.807) is 24.3 Å². The molecule has 0 aliphatic carbocycles. The Bertz CT molecular complexity index is 456. The second kappa shape index (κ2) is 6.59. The molecule has 1 aromatic carbocycles. The summed E-state index contributed by atoms with van der Waals surface area (Å²) in [6, 6.07) is 7.31. The summed E-state index contributed by atoms with van der Waals surface area (Å²) in [5.41, 5.74) is 0.694. The van der Waals surface area contributed by atoms with Crippen molar-refractivity contribution < 1.29 is 4.79 Å². The molecule has 2 atom stereocenters. The van der Waals surface area contributed by atoms with Gasteiger partial charge in [-0.1, -0.05) is 18.5 Å². The SMILES string of the molecule is CC(CN1CCC1)C(C)N(C)C(=O)c1ccc(Cl)cc1. The lowest BCUT2D eigenvalue weighted by Gasteiger charge is -2.37. The van der Waals surface area contributed by atoms with Crippen molar-refractivity contribution in [1.29, 1.82) is 0 Å². The van der Waals surface area contributed by atoms with E-state index in [1.807, 2.05) is 11.9 Å². The fraction of sp³-hybridized carbons (Fsp3) is 0.562. The van der Waals surface area contributed by atoms with Gasteiger partial charge in [0.15, 0.2) is 0 Å². The van der Waals surface area contributed by atoms with Gasteiger partial charge in [0.25, 0.3) is 5.91 Å². The van der Waals surface area contributed by atoms with Gasteiger partial charge in [0.1, 0.15) is 0 Å². The molecule has 1 heterocycles. The number of rotatable bonds is 5. The molecule has 0 spiro atoms. The average Bonchev–Trinajstić information content (AvgIpc) is 2.41. The second-order valence-corrected chi connectivity index (χ2v) is 6.23. The first-order chi connectivity index (χ1) is 9.49. The number of hydrogen-bond donors (Lipinski definition) is 0. The maximum atomic E-state index is 12.4. The number of amides is 1. The van der Waals surface area contributed by atoms with Crippen LogP contribution in [-0.2, 0) is 0 Å². The van der Waals surface area contributed by atoms with Gasteiger partial charge >= 0.3 is 0 Å². The Morgan fingerprint density at radius 1 is 1.30 bits per heavy atom. The van der Waals surface area contributed by atoms with Crippen LogP contribution in [0, 0.1) is 5.92 Å². The molecule has 3 nitrogen and oxygen atoms in total. The van der Waals surface area contributed by atoms with Crippen molar-refractivity contribution in [3.63, 3.8) is 0 Å². The van der Waals surface area contributed by atoms with Crippen LogP contribution >= 0.6 is 11.6 Å². The Hall–Kier alpha value is -1.06. The molecule has 1 aliphatic heterocycles. The number of benzene rings is 1. The molecule has 1 saturated heterocycles. The van der Waals surface area contributed by atoms with E-state index in [0.29, 0.717) is 16.5 Å². The fourth-order valence-electron chi connectivity index (χ4n) is 2.49. The number of carbonyl (C=O) groups is 1. The van der Waals surface area contributed by atoms with Gasteiger partial charge in [-0.25, -0.2) is 0 Å². The molecule has 2 unspecified atom stereocenters. The number of likely N-dealkylation sites (tertiary alicyclic amines) is 1. The summed E-state index contributed by atoms with van der Waals surface area (Å²) in [5.74, 6) is 0.529. The summed E-state index contributed by atoms with van der Waals surface area (Å²) in [6.45, 7) is 7.81. The summed E-state index contributed by atoms with van der Waals surface area (Å²) < 4.78 is 0. The van der Waals surface area contributed by atoms with Gasteiger partial charge in [0.05, 0.1) is 0 Å². The molecule has 0 aromatic heterocycles. The van der Waals surface area contributed by atoms with E-state index in [0.717, 1.165) is 6.54 Å². The second-order valence-electron chi connectivity index (χ2n) is 5.79. The predicted molar refractivity (Wildman–Crippen MR) is 83.2 cm³/mol. The van der Waals surface area contributed by atoms with Gasteiger partial charge in [-0.3, -0.25) is 4.79 Å². The van der Waals surface area contributed by atoms with Gasteiger partial charge in [0, 0.05) is 30.2 Å². The van der Waals surface area contributed by atoms with Crippen LogP contribution in [0.3, 0.4) is 0 Å². The molecule has 0 N–H and O–H groups in total. The largest absolute Gasteiger partial charge is 0.339 e. The quantitative estimate of drug-likeness (QED) is 0.833. The lowest BCUT2D eigenvalue weighted by Crippen LogP contribution is -2.46. The summed E-state index contributed by atoms with van der Waals surface area (Å²) >= 11 is 5.86. The molecule has 1 aromatic rings. The van der Waals surface area contributed by atoms with E-state index < -0.39 is 0 Å². The third-order valence-corrected chi connectivity index (χ3v) is 4.59. The Kier molecular flexibility index (Phi) is 5.06. The third-order valence-electron chi connectivity index (χ3n) is 4.34. The molecule has 1 aliphatic rings. The Labute approximate surface area is 126 Å². The van der Waals surface area contributed by atoms with Gasteiger partial charge in [-0.15, -0.1) is 0 Å². The summed E-state index contributed by atoms with van der Waals surface area (Å²) in [5, 5.41) is 0.656. The van der Waals surface area contributed by atoms with Gasteiger partial charge in [-0.2, -0.15) is 0 Å². The van der Waals surface area contributed by atoms with Crippen molar-refractivity contribution in [3.8, 4) is 0 Å². The van der Waals surface area contributed by atoms with Crippen LogP contribution < -0.4 is 0 Å². The first-order valence-electron chi connectivity index (χ1n) is 7.24. The summed E-state index contributed by atoms with van der Waals surface area (Å²) in [7, 11) is 1.88. The molecule has 1 fully saturated rings. The van der Waals surface area contributed by atoms with E-state index in [-0.39, 0.29) is 11.9 Å². The molecular formula is C16H23ClN2O. The van der Waals surface area contributed by atoms with E-state index in [2.05, 4.69) is 18.7 Å². The maximum absolute atomic E-state index is 12.4. The van der Waals surface area contributed by atoms with Gasteiger partial charge in [-0.05, 0) is 56.6 Å². The zero-order chi connectivity index (χ0) is 14.7. The number of nitrogens with zero attached hydrogens (tertiary/aromatic N) is 2. The first kappa shape index (κ1) is 15.3. The van der Waals surface area contributed by atoms with Crippen LogP contribution in [0.4, 0.5) is 0 Å². The molecule has 0 saturated carbocycles. The predicted octanol–water partition coefficient (Wildman–Crippen LogP) is 3.14. The standard InChI is InChI=1S/C16H23ClN2O/c1-12(11-19-9-4-10-19)13(2)18(3)16(20)14-5-7-15(17)8-6-14/h5-8,12-13H,4,9-11H2,1-3H3. The highest BCUT2D eigenvalue weighted by atomic mass is 35.5. The van der Waals surface area contributed by atoms with Crippen LogP contribution in [0.25, 0.3) is 0 Å². The molecule has 110 valence electrons. The Morgan fingerprint density at radius 2 is 1.90 bits per heavy atom. The Morgan fingerprint density at radius 3 is 2.40 bits per heavy atom. The van der Waals surface area contributed by atoms with Gasteiger partial charge in [0.2, 0.25) is 0 Å². The monoisotopic (exact) mass is 294 g/mol. The molecule has 20 heavy (non-hydrogen) atoms. The highest BCUT2D eigenvalue weighted by molar-refractivity contribution is 6.30. The first-order valence-corrected chi connectivity index (χ1v) is 7.62. The lowest BCUT2D eigenvalue weighted by molar-refractivity contribution is 0.0641. The van der Waals surface area contributed by atoms with Crippen molar-refractivity contribution in [2.45, 2.75) is 26.3 Å². The molecule has 0 bridgehead atoms. The zero-order valence-electron chi connectivity index (χ0n) is 12.5. The summed E-state index contributed by atoms with van der Waals surface area (Å²) in [4.78, 5) is 16.7.